The van der Waals surface area contributed by atoms with Gasteiger partial charge in [0.15, 0.2) is 0 Å². The number of rotatable bonds is 10. The van der Waals surface area contributed by atoms with Gasteiger partial charge in [-0.2, -0.15) is 11.1 Å². The molecule has 9 aromatic rings. The Kier molecular flexibility index (Phi) is 18.2. The second-order valence-corrected chi connectivity index (χ2v) is 24.7. The van der Waals surface area contributed by atoms with Crippen LogP contribution in [0.2, 0.25) is 5.04 Å². The van der Waals surface area contributed by atoms with Crippen LogP contribution in [0.3, 0.4) is 0 Å². The van der Waals surface area contributed by atoms with Gasteiger partial charge < -0.3 is 37.2 Å². The summed E-state index contributed by atoms with van der Waals surface area (Å²) in [5.41, 5.74) is 26.0. The second kappa shape index (κ2) is 23.4. The van der Waals surface area contributed by atoms with Crippen LogP contribution in [-0.4, -0.2) is 8.07 Å². The molecule has 10 rings (SSSR count). The normalized spacial score (nSPS) is 14.0. The van der Waals surface area contributed by atoms with Gasteiger partial charge in [0, 0.05) is 0 Å². The van der Waals surface area contributed by atoms with E-state index in [9.17, 15) is 0 Å². The maximum Gasteiger partial charge on any atom is 4.00 e. The molecule has 0 spiro atoms. The molecule has 0 saturated heterocycles. The maximum atomic E-state index is 4.38. The molecule has 1 aliphatic carbocycles. The molecule has 0 heterocycles. The molecule has 0 radical (unpaired) electrons. The molecular weight excluding hydrogens is 1010 g/mol. The molecule has 0 aromatic heterocycles. The Morgan fingerprint density at radius 3 is 0.689 bits per heavy atom. The van der Waals surface area contributed by atoms with E-state index in [1.807, 2.05) is 0 Å². The monoisotopic (exact) mass is 1070 g/mol. The van der Waals surface area contributed by atoms with Gasteiger partial charge in [0.05, 0.1) is 0 Å². The smallest absolute Gasteiger partial charge is 1.00 e. The molecule has 0 nitrogen and oxygen atoms in total. The van der Waals surface area contributed by atoms with Crippen molar-refractivity contribution in [2.45, 2.75) is 74.3 Å². The first-order valence-electron chi connectivity index (χ1n) is 24.9. The Morgan fingerprint density at radius 2 is 0.514 bits per heavy atom. The Morgan fingerprint density at radius 1 is 0.297 bits per heavy atom. The molecule has 0 bridgehead atoms. The van der Waals surface area contributed by atoms with Crippen LogP contribution in [0, 0.1) is 47.6 Å². The summed E-state index contributed by atoms with van der Waals surface area (Å²) in [6.45, 7) is 22.8. The molecule has 0 fully saturated rings. The van der Waals surface area contributed by atoms with E-state index in [0.29, 0.717) is 0 Å². The molecule has 0 N–H and O–H groups in total. The van der Waals surface area contributed by atoms with Gasteiger partial charge in [-0.25, -0.2) is 5.57 Å². The van der Waals surface area contributed by atoms with Gasteiger partial charge in [0.25, 0.3) is 0 Å². The quantitative estimate of drug-likeness (QED) is 0.0744. The summed E-state index contributed by atoms with van der Waals surface area (Å²) in [4.78, 5) is 0. The minimum atomic E-state index is -3.52. The van der Waals surface area contributed by atoms with E-state index in [2.05, 4.69) is 276 Å². The first-order chi connectivity index (χ1) is 33.7. The van der Waals surface area contributed by atoms with E-state index in [4.69, 9.17) is 0 Å². The molecule has 9 aromatic carbocycles. The van der Waals surface area contributed by atoms with Crippen molar-refractivity contribution in [3.05, 3.63) is 256 Å². The molecule has 368 valence electrons. The van der Waals surface area contributed by atoms with Crippen LogP contribution in [-0.2, 0) is 21.7 Å². The molecule has 0 saturated carbocycles. The Balaban J connectivity index is 0.00000223. The van der Waals surface area contributed by atoms with Gasteiger partial charge in [-0.1, -0.05) is 241 Å². The number of halogens is 3. The van der Waals surface area contributed by atoms with Gasteiger partial charge in [-0.3, -0.25) is 6.08 Å². The number of benzene rings is 9. The number of hydrogen-bond donors (Lipinski definition) is 0. The van der Waals surface area contributed by atoms with Crippen LogP contribution in [0.25, 0.3) is 66.8 Å². The summed E-state index contributed by atoms with van der Waals surface area (Å²) in [6.07, 6.45) is 4.38. The minimum Gasteiger partial charge on any atom is -1.00 e. The van der Waals surface area contributed by atoms with Crippen molar-refractivity contribution >= 4 is 23.6 Å². The van der Waals surface area contributed by atoms with E-state index in [1.54, 1.807) is 0 Å². The summed E-state index contributed by atoms with van der Waals surface area (Å²) in [5.74, 6) is 0. The van der Waals surface area contributed by atoms with Crippen LogP contribution in [0.1, 0.15) is 61.1 Å². The molecule has 1 unspecified atom stereocenters. The molecule has 1 aliphatic rings. The van der Waals surface area contributed by atoms with Crippen molar-refractivity contribution < 1.29 is 58.9 Å². The molecule has 0 amide bonds. The number of aryl methyl sites for hydroxylation is 6. The van der Waals surface area contributed by atoms with Crippen LogP contribution in [0.4, 0.5) is 0 Å². The zero-order chi connectivity index (χ0) is 48.9. The third-order valence-corrected chi connectivity index (χ3v) is 20.7. The molecule has 74 heavy (non-hydrogen) atoms. The zero-order valence-corrected chi connectivity index (χ0v) is 49.0. The van der Waals surface area contributed by atoms with E-state index >= 15 is 0 Å². The fraction of sp³-hybridized carbons (Fsp3) is 0.159. The van der Waals surface area contributed by atoms with Crippen molar-refractivity contribution in [1.29, 1.82) is 0 Å². The van der Waals surface area contributed by atoms with Crippen molar-refractivity contribution in [2.24, 2.45) is 0 Å². The predicted octanol–water partition coefficient (Wildman–Crippen LogP) is 7.88. The van der Waals surface area contributed by atoms with Gasteiger partial charge in [-0.15, -0.1) is 6.92 Å². The molecule has 0 aliphatic heterocycles. The zero-order valence-electron chi connectivity index (χ0n) is 44.2. The maximum absolute atomic E-state index is 4.38. The summed E-state index contributed by atoms with van der Waals surface area (Å²) in [5, 5.41) is 3.52. The number of allylic oxidation sites excluding steroid dienone is 4. The first-order valence-corrected chi connectivity index (χ1v) is 26.9. The van der Waals surface area contributed by atoms with Crippen molar-refractivity contribution in [2.75, 3.05) is 0 Å². The summed E-state index contributed by atoms with van der Waals surface area (Å²) in [7, 11) is -3.52. The third-order valence-electron chi connectivity index (χ3n) is 15.3. The Bertz CT molecular complexity index is 3060. The van der Waals surface area contributed by atoms with E-state index in [1.165, 1.54) is 132 Å². The third kappa shape index (κ3) is 11.0. The van der Waals surface area contributed by atoms with Gasteiger partial charge in [0.1, 0.15) is 8.07 Å². The fourth-order valence-electron chi connectivity index (χ4n) is 11.4. The fourth-order valence-corrected chi connectivity index (χ4v) is 17.5. The average molecular weight is 1070 g/mol. The molecule has 5 heteroatoms. The second-order valence-electron chi connectivity index (χ2n) is 20.5. The Labute approximate surface area is 476 Å². The van der Waals surface area contributed by atoms with E-state index < -0.39 is 13.1 Å². The summed E-state index contributed by atoms with van der Waals surface area (Å²) < 4.78 is 0. The van der Waals surface area contributed by atoms with Crippen molar-refractivity contribution in [3.8, 4) is 66.8 Å². The van der Waals surface area contributed by atoms with E-state index in [0.717, 1.165) is 0 Å². The van der Waals surface area contributed by atoms with Crippen LogP contribution >= 0.6 is 0 Å². The molecule has 1 atom stereocenters. The van der Waals surface area contributed by atoms with E-state index in [-0.39, 0.29) is 58.9 Å². The van der Waals surface area contributed by atoms with Gasteiger partial charge in [-0.05, 0) is 142 Å². The first kappa shape index (κ1) is 57.5. The number of hydrogen-bond acceptors (Lipinski definition) is 0. The van der Waals surface area contributed by atoms with Gasteiger partial charge in [0.2, 0.25) is 0 Å². The van der Waals surface area contributed by atoms with Crippen LogP contribution < -0.4 is 52.8 Å². The van der Waals surface area contributed by atoms with Crippen molar-refractivity contribution in [1.82, 2.24) is 0 Å². The van der Waals surface area contributed by atoms with Crippen LogP contribution in [0.5, 0.6) is 0 Å². The largest absolute Gasteiger partial charge is 4.00 e. The SMILES string of the molecule is CC1=[C-]C(C)([Si](c2cc(-c3cccc(C)c3)cc(-c3cccc(C)c3)c2)(c2cc(-c3cccc(C)c3)cc(-c3cccc(C)c3)c2)c2cc(-c3cccc(C)c3)cc(-c3cccc(C)c3)c2)C(C)=C1C.[Cl-].[Cl-].[Cl-].[Ti+4]. The predicted molar refractivity (Wildman–Crippen MR) is 304 cm³/mol. The minimum absolute atomic E-state index is 0. The van der Waals surface area contributed by atoms with Crippen molar-refractivity contribution in [3.63, 3.8) is 0 Å². The standard InChI is InChI=1S/C69H63Si.3ClH.Ti/c1-45-17-11-23-54(29-45)60-35-61(55-24-12-18-46(2)30-55)39-66(38-60)70(69(10)44-51(7)52(8)53(69)9,67-40-62(56-25-13-19-47(3)31-56)36-63(41-67)57-26-14-20-48(4)32-57)68-42-64(58-27-15-21-49(5)33-58)37-65(43-68)59-28-16-22-50(6)34-59;;;;/h11-43H,1-10H3;3*1H;/q-1;;;;+4/p-3. The Hall–Kier alpha value is -5.74. The summed E-state index contributed by atoms with van der Waals surface area (Å²) in [6, 6.07) is 77.2. The average Bonchev–Trinajstić information content (AvgIpc) is 3.55. The van der Waals surface area contributed by atoms with Crippen LogP contribution in [0.15, 0.2) is 217 Å². The molecular formula is C69H63Cl3SiTi. The topological polar surface area (TPSA) is 0 Å². The summed E-state index contributed by atoms with van der Waals surface area (Å²) >= 11 is 0. The van der Waals surface area contributed by atoms with Gasteiger partial charge >= 0.3 is 21.7 Å².